The van der Waals surface area contributed by atoms with Crippen molar-refractivity contribution in [3.63, 3.8) is 0 Å². The Bertz CT molecular complexity index is 425. The molecule has 0 fully saturated rings. The first-order valence-corrected chi connectivity index (χ1v) is 6.99. The Morgan fingerprint density at radius 2 is 1.50 bits per heavy atom. The van der Waals surface area contributed by atoms with E-state index in [-0.39, 0.29) is 17.9 Å². The summed E-state index contributed by atoms with van der Waals surface area (Å²) in [6.45, 7) is 4.31. The van der Waals surface area contributed by atoms with Gasteiger partial charge >= 0.3 is 0 Å². The average Bonchev–Trinajstić information content (AvgIpc) is 2.82. The molecule has 2 aliphatic carbocycles. The molecular formula is C16H24ClN. The highest BCUT2D eigenvalue weighted by molar-refractivity contribution is 5.85. The van der Waals surface area contributed by atoms with Crippen LogP contribution in [-0.4, -0.2) is 5.54 Å². The minimum absolute atomic E-state index is 0. The van der Waals surface area contributed by atoms with Gasteiger partial charge in [-0.2, -0.15) is 0 Å². The molecule has 0 amide bonds. The predicted octanol–water partition coefficient (Wildman–Crippen LogP) is 3.37. The van der Waals surface area contributed by atoms with E-state index in [1.165, 1.54) is 38.5 Å². The first kappa shape index (κ1) is 13.9. The number of rotatable bonds is 2. The second-order valence-corrected chi connectivity index (χ2v) is 6.50. The molecule has 0 aromatic heterocycles. The SMILES string of the molecule is CC(C)(N)Cc1c2c(cc3c1CCC3)CCC2.Cl. The second kappa shape index (κ2) is 4.86. The Labute approximate surface area is 117 Å². The zero-order valence-corrected chi connectivity index (χ0v) is 12.3. The fraction of sp³-hybridized carbons (Fsp3) is 0.625. The summed E-state index contributed by atoms with van der Waals surface area (Å²) in [5.41, 5.74) is 14.4. The molecule has 0 unspecified atom stereocenters. The largest absolute Gasteiger partial charge is 0.325 e. The van der Waals surface area contributed by atoms with Crippen molar-refractivity contribution in [1.82, 2.24) is 0 Å². The second-order valence-electron chi connectivity index (χ2n) is 6.50. The molecule has 0 heterocycles. The normalized spacial score (nSPS) is 17.3. The standard InChI is InChI=1S/C16H23N.ClH/c1-16(2,17)10-15-13-7-3-5-11(13)9-12-6-4-8-14(12)15;/h9H,3-8,10,17H2,1-2H3;1H. The van der Waals surface area contributed by atoms with Gasteiger partial charge in [0.15, 0.2) is 0 Å². The Morgan fingerprint density at radius 3 is 1.94 bits per heavy atom. The molecule has 100 valence electrons. The summed E-state index contributed by atoms with van der Waals surface area (Å²) in [5.74, 6) is 0. The lowest BCUT2D eigenvalue weighted by molar-refractivity contribution is 0.513. The highest BCUT2D eigenvalue weighted by Gasteiger charge is 2.26. The van der Waals surface area contributed by atoms with E-state index in [9.17, 15) is 0 Å². The molecule has 0 atom stereocenters. The predicted molar refractivity (Wildman–Crippen MR) is 79.7 cm³/mol. The quantitative estimate of drug-likeness (QED) is 0.872. The molecule has 0 spiro atoms. The lowest BCUT2D eigenvalue weighted by Crippen LogP contribution is -2.35. The molecule has 0 saturated carbocycles. The number of nitrogens with two attached hydrogens (primary N) is 1. The van der Waals surface area contributed by atoms with Crippen molar-refractivity contribution in [2.24, 2.45) is 5.73 Å². The van der Waals surface area contributed by atoms with Gasteiger partial charge < -0.3 is 5.73 Å². The Balaban J connectivity index is 0.00000120. The van der Waals surface area contributed by atoms with Crippen molar-refractivity contribution in [1.29, 1.82) is 0 Å². The molecule has 0 saturated heterocycles. The van der Waals surface area contributed by atoms with Crippen LogP contribution in [0.3, 0.4) is 0 Å². The van der Waals surface area contributed by atoms with E-state index in [1.807, 2.05) is 0 Å². The van der Waals surface area contributed by atoms with Crippen LogP contribution in [0.15, 0.2) is 6.07 Å². The molecular weight excluding hydrogens is 242 g/mol. The van der Waals surface area contributed by atoms with Crippen LogP contribution < -0.4 is 5.73 Å². The molecule has 3 rings (SSSR count). The maximum atomic E-state index is 6.26. The number of fused-ring (bicyclic) bond motifs is 2. The van der Waals surface area contributed by atoms with Gasteiger partial charge in [-0.25, -0.2) is 0 Å². The van der Waals surface area contributed by atoms with Crippen LogP contribution in [0, 0.1) is 0 Å². The Hall–Kier alpha value is -0.530. The van der Waals surface area contributed by atoms with Crippen LogP contribution in [0.5, 0.6) is 0 Å². The van der Waals surface area contributed by atoms with E-state index in [4.69, 9.17) is 5.73 Å². The monoisotopic (exact) mass is 265 g/mol. The third kappa shape index (κ3) is 2.44. The molecule has 1 nitrogen and oxygen atoms in total. The third-order valence-corrected chi connectivity index (χ3v) is 4.23. The van der Waals surface area contributed by atoms with Gasteiger partial charge in [-0.05, 0) is 86.6 Å². The summed E-state index contributed by atoms with van der Waals surface area (Å²) < 4.78 is 0. The smallest absolute Gasteiger partial charge is 0.0138 e. The van der Waals surface area contributed by atoms with E-state index < -0.39 is 0 Å². The molecule has 1 aromatic rings. The van der Waals surface area contributed by atoms with E-state index >= 15 is 0 Å². The zero-order valence-electron chi connectivity index (χ0n) is 11.5. The van der Waals surface area contributed by atoms with Gasteiger partial charge in [0.05, 0.1) is 0 Å². The van der Waals surface area contributed by atoms with Gasteiger partial charge in [0.25, 0.3) is 0 Å². The fourth-order valence-electron chi connectivity index (χ4n) is 3.60. The van der Waals surface area contributed by atoms with Gasteiger partial charge in [0, 0.05) is 5.54 Å². The summed E-state index contributed by atoms with van der Waals surface area (Å²) in [6, 6.07) is 2.50. The van der Waals surface area contributed by atoms with Crippen molar-refractivity contribution >= 4 is 12.4 Å². The number of aryl methyl sites for hydroxylation is 2. The number of halogens is 1. The fourth-order valence-corrected chi connectivity index (χ4v) is 3.60. The van der Waals surface area contributed by atoms with Crippen LogP contribution in [0.25, 0.3) is 0 Å². The van der Waals surface area contributed by atoms with E-state index in [1.54, 1.807) is 27.8 Å². The minimum Gasteiger partial charge on any atom is -0.325 e. The van der Waals surface area contributed by atoms with E-state index in [2.05, 4.69) is 19.9 Å². The number of benzene rings is 1. The zero-order chi connectivity index (χ0) is 12.0. The number of hydrogen-bond acceptors (Lipinski definition) is 1. The van der Waals surface area contributed by atoms with Gasteiger partial charge in [-0.15, -0.1) is 12.4 Å². The Kier molecular flexibility index (Phi) is 3.75. The highest BCUT2D eigenvalue weighted by Crippen LogP contribution is 2.36. The molecule has 18 heavy (non-hydrogen) atoms. The molecule has 2 heteroatoms. The summed E-state index contributed by atoms with van der Waals surface area (Å²) in [6.07, 6.45) is 8.90. The molecule has 0 aliphatic heterocycles. The lowest BCUT2D eigenvalue weighted by atomic mass is 9.86. The summed E-state index contributed by atoms with van der Waals surface area (Å²) >= 11 is 0. The minimum atomic E-state index is -0.0753. The summed E-state index contributed by atoms with van der Waals surface area (Å²) in [4.78, 5) is 0. The third-order valence-electron chi connectivity index (χ3n) is 4.23. The van der Waals surface area contributed by atoms with Crippen molar-refractivity contribution in [3.8, 4) is 0 Å². The van der Waals surface area contributed by atoms with Crippen LogP contribution in [0.1, 0.15) is 54.5 Å². The maximum absolute atomic E-state index is 6.26. The topological polar surface area (TPSA) is 26.0 Å². The van der Waals surface area contributed by atoms with Crippen LogP contribution >= 0.6 is 12.4 Å². The molecule has 2 N–H and O–H groups in total. The van der Waals surface area contributed by atoms with Crippen LogP contribution in [0.2, 0.25) is 0 Å². The maximum Gasteiger partial charge on any atom is 0.0138 e. The van der Waals surface area contributed by atoms with Gasteiger partial charge in [-0.1, -0.05) is 6.07 Å². The van der Waals surface area contributed by atoms with Crippen LogP contribution in [0.4, 0.5) is 0 Å². The summed E-state index contributed by atoms with van der Waals surface area (Å²) in [5, 5.41) is 0. The molecule has 2 aliphatic rings. The van der Waals surface area contributed by atoms with Gasteiger partial charge in [-0.3, -0.25) is 0 Å². The molecule has 1 aromatic carbocycles. The lowest BCUT2D eigenvalue weighted by Gasteiger charge is -2.23. The van der Waals surface area contributed by atoms with Gasteiger partial charge in [0.2, 0.25) is 0 Å². The van der Waals surface area contributed by atoms with Crippen molar-refractivity contribution in [2.75, 3.05) is 0 Å². The average molecular weight is 266 g/mol. The van der Waals surface area contributed by atoms with Crippen LogP contribution in [-0.2, 0) is 32.1 Å². The van der Waals surface area contributed by atoms with E-state index in [0.717, 1.165) is 6.42 Å². The number of hydrogen-bond donors (Lipinski definition) is 1. The first-order valence-electron chi connectivity index (χ1n) is 6.99. The first-order chi connectivity index (χ1) is 8.04. The van der Waals surface area contributed by atoms with Crippen molar-refractivity contribution in [2.45, 2.75) is 64.3 Å². The van der Waals surface area contributed by atoms with Gasteiger partial charge in [0.1, 0.15) is 0 Å². The van der Waals surface area contributed by atoms with Crippen molar-refractivity contribution < 1.29 is 0 Å². The Morgan fingerprint density at radius 1 is 1.00 bits per heavy atom. The molecule has 0 radical (unpaired) electrons. The van der Waals surface area contributed by atoms with E-state index in [0.29, 0.717) is 0 Å². The van der Waals surface area contributed by atoms with Crippen molar-refractivity contribution in [3.05, 3.63) is 33.9 Å². The highest BCUT2D eigenvalue weighted by atomic mass is 35.5. The summed E-state index contributed by atoms with van der Waals surface area (Å²) in [7, 11) is 0. The molecule has 0 bridgehead atoms.